The number of hydroxylamine groups is 1. The molecule has 2 aliphatic heterocycles. The van der Waals surface area contributed by atoms with E-state index < -0.39 is 26.7 Å². The van der Waals surface area contributed by atoms with Gasteiger partial charge in [-0.2, -0.15) is 0 Å². The second kappa shape index (κ2) is 10.9. The fraction of sp³-hybridized carbons (Fsp3) is 0.462. The van der Waals surface area contributed by atoms with Gasteiger partial charge in [-0.1, -0.05) is 24.0 Å². The second-order valence-electron chi connectivity index (χ2n) is 10.1. The number of hydrogen-bond donors (Lipinski definition) is 3. The molecule has 4 N–H and O–H groups in total. The first-order valence-corrected chi connectivity index (χ1v) is 14.2. The lowest BCUT2D eigenvalue weighted by Gasteiger charge is -2.32. The van der Waals surface area contributed by atoms with Gasteiger partial charge < -0.3 is 10.6 Å². The number of aromatic nitrogens is 1. The Bertz CT molecular complexity index is 1380. The predicted octanol–water partition coefficient (Wildman–Crippen LogP) is 1.24. The molecule has 204 valence electrons. The molecule has 3 atom stereocenters. The number of rotatable bonds is 7. The molecule has 1 aromatic carbocycles. The summed E-state index contributed by atoms with van der Waals surface area (Å²) in [4.78, 5) is 28.4. The molecule has 1 aromatic heterocycles. The number of nitrogens with one attached hydrogen (secondary N) is 1. The fourth-order valence-electron chi connectivity index (χ4n) is 4.63. The van der Waals surface area contributed by atoms with Crippen molar-refractivity contribution < 1.29 is 27.6 Å². The van der Waals surface area contributed by atoms with Gasteiger partial charge >= 0.3 is 6.03 Å². The first kappa shape index (κ1) is 27.8. The minimum atomic E-state index is -3.85. The average Bonchev–Trinajstić information content (AvgIpc) is 3.41. The van der Waals surface area contributed by atoms with Crippen molar-refractivity contribution in [2.24, 2.45) is 5.73 Å². The highest BCUT2D eigenvalue weighted by molar-refractivity contribution is 7.92. The van der Waals surface area contributed by atoms with E-state index in [9.17, 15) is 22.4 Å². The van der Waals surface area contributed by atoms with Gasteiger partial charge in [0.05, 0.1) is 6.54 Å². The minimum absolute atomic E-state index is 0.0150. The van der Waals surface area contributed by atoms with Gasteiger partial charge in [0.2, 0.25) is 0 Å². The summed E-state index contributed by atoms with van der Waals surface area (Å²) in [6.07, 6.45) is 2.02. The smallest absolute Gasteiger partial charge is 0.325 e. The van der Waals surface area contributed by atoms with E-state index in [2.05, 4.69) is 16.7 Å². The highest BCUT2D eigenvalue weighted by Crippen LogP contribution is 2.25. The Morgan fingerprint density at radius 2 is 1.95 bits per heavy atom. The van der Waals surface area contributed by atoms with E-state index in [0.717, 1.165) is 23.9 Å². The van der Waals surface area contributed by atoms with E-state index in [0.29, 0.717) is 30.8 Å². The van der Waals surface area contributed by atoms with Crippen molar-refractivity contribution in [1.29, 1.82) is 0 Å². The SMILES string of the molecule is C[C@@](CCN1Cc2cc(C#Cc3ccc(CN4CC[C@H](N)[C@@H](F)C4)cc3)cn2C1=O)(C(=O)NO)S(C)(=O)=O. The first-order chi connectivity index (χ1) is 17.9. The van der Waals surface area contributed by atoms with Crippen LogP contribution in [0.1, 0.15) is 42.1 Å². The van der Waals surface area contributed by atoms with E-state index in [1.54, 1.807) is 12.3 Å². The Morgan fingerprint density at radius 3 is 2.55 bits per heavy atom. The molecule has 2 amide bonds. The van der Waals surface area contributed by atoms with E-state index >= 15 is 0 Å². The maximum Gasteiger partial charge on any atom is 0.328 e. The maximum atomic E-state index is 13.9. The number of alkyl halides is 1. The van der Waals surface area contributed by atoms with Gasteiger partial charge in [0.1, 0.15) is 6.17 Å². The number of carbonyl (C=O) groups is 2. The normalized spacial score (nSPS) is 21.4. The van der Waals surface area contributed by atoms with Crippen molar-refractivity contribution in [1.82, 2.24) is 19.8 Å². The van der Waals surface area contributed by atoms with Crippen LogP contribution >= 0.6 is 0 Å². The third-order valence-corrected chi connectivity index (χ3v) is 9.40. The molecule has 38 heavy (non-hydrogen) atoms. The first-order valence-electron chi connectivity index (χ1n) is 12.3. The van der Waals surface area contributed by atoms with Crippen LogP contribution in [0.15, 0.2) is 36.5 Å². The van der Waals surface area contributed by atoms with E-state index in [4.69, 9.17) is 10.9 Å². The lowest BCUT2D eigenvalue weighted by Crippen LogP contribution is -2.50. The summed E-state index contributed by atoms with van der Waals surface area (Å²) in [5, 5.41) is 8.97. The molecule has 0 aliphatic carbocycles. The van der Waals surface area contributed by atoms with Crippen LogP contribution in [-0.4, -0.2) is 82.8 Å². The number of carbonyl (C=O) groups excluding carboxylic acids is 2. The molecule has 0 unspecified atom stereocenters. The monoisotopic (exact) mass is 545 g/mol. The number of nitrogens with two attached hydrogens (primary N) is 1. The highest BCUT2D eigenvalue weighted by atomic mass is 32.2. The third-order valence-electron chi connectivity index (χ3n) is 7.38. The molecule has 1 saturated heterocycles. The predicted molar refractivity (Wildman–Crippen MR) is 139 cm³/mol. The van der Waals surface area contributed by atoms with Gasteiger partial charge in [0.25, 0.3) is 5.91 Å². The minimum Gasteiger partial charge on any atom is -0.325 e. The Labute approximate surface area is 221 Å². The van der Waals surface area contributed by atoms with Crippen molar-refractivity contribution in [3.63, 3.8) is 0 Å². The third kappa shape index (κ3) is 5.76. The zero-order chi connectivity index (χ0) is 27.7. The van der Waals surface area contributed by atoms with Crippen LogP contribution in [-0.2, 0) is 27.7 Å². The van der Waals surface area contributed by atoms with Crippen molar-refractivity contribution in [3.8, 4) is 11.8 Å². The maximum absolute atomic E-state index is 13.9. The molecule has 2 aliphatic rings. The topological polar surface area (TPSA) is 138 Å². The standard InChI is InChI=1S/C26H32FN5O5S/c1-26(24(33)29-35,38(2,36)37)10-12-31-16-21-13-20(15-32(21)25(31)34)8-5-18-3-6-19(7-4-18)14-30-11-9-23(28)22(27)17-30/h3-4,6-7,13,15,22-23,35H,9-12,14,16-17,28H2,1-2H3,(H,29,33)/t22-,23-,26+/m0/s1. The number of halogens is 1. The number of fused-ring (bicyclic) bond motifs is 1. The van der Waals surface area contributed by atoms with Crippen LogP contribution in [0.5, 0.6) is 0 Å². The van der Waals surface area contributed by atoms with Crippen molar-refractivity contribution in [3.05, 3.63) is 58.9 Å². The van der Waals surface area contributed by atoms with Crippen LogP contribution < -0.4 is 11.2 Å². The summed E-state index contributed by atoms with van der Waals surface area (Å²) in [7, 11) is -3.85. The molecule has 10 nitrogen and oxygen atoms in total. The number of benzene rings is 1. The molecule has 0 bridgehead atoms. The zero-order valence-corrected chi connectivity index (χ0v) is 22.2. The van der Waals surface area contributed by atoms with E-state index in [1.165, 1.54) is 21.9 Å². The quantitative estimate of drug-likeness (QED) is 0.270. The lowest BCUT2D eigenvalue weighted by atomic mass is 10.0. The Hall–Kier alpha value is -3.24. The van der Waals surface area contributed by atoms with Gasteiger partial charge in [-0.15, -0.1) is 0 Å². The number of piperidine rings is 1. The van der Waals surface area contributed by atoms with Crippen LogP contribution in [0.25, 0.3) is 0 Å². The van der Waals surface area contributed by atoms with Crippen LogP contribution in [0, 0.1) is 11.8 Å². The number of sulfone groups is 1. The van der Waals surface area contributed by atoms with Crippen LogP contribution in [0.3, 0.4) is 0 Å². The number of amides is 2. The second-order valence-corrected chi connectivity index (χ2v) is 12.6. The summed E-state index contributed by atoms with van der Waals surface area (Å²) < 4.78 is 37.8. The summed E-state index contributed by atoms with van der Waals surface area (Å²) in [6, 6.07) is 8.82. The molecule has 12 heteroatoms. The van der Waals surface area contributed by atoms with Gasteiger partial charge in [0, 0.05) is 61.5 Å². The summed E-state index contributed by atoms with van der Waals surface area (Å²) >= 11 is 0. The molecular weight excluding hydrogens is 513 g/mol. The van der Waals surface area contributed by atoms with Gasteiger partial charge in [-0.05, 0) is 43.5 Å². The molecule has 0 radical (unpaired) electrons. The number of likely N-dealkylation sites (tertiary alicyclic amines) is 1. The Morgan fingerprint density at radius 1 is 1.26 bits per heavy atom. The van der Waals surface area contributed by atoms with Crippen molar-refractivity contribution >= 4 is 21.8 Å². The van der Waals surface area contributed by atoms with Crippen molar-refractivity contribution in [2.75, 3.05) is 25.9 Å². The molecule has 3 heterocycles. The van der Waals surface area contributed by atoms with Crippen molar-refractivity contribution in [2.45, 2.75) is 49.8 Å². The number of nitrogens with zero attached hydrogens (tertiary/aromatic N) is 3. The molecule has 1 fully saturated rings. The average molecular weight is 546 g/mol. The van der Waals surface area contributed by atoms with Gasteiger partial charge in [-0.3, -0.25) is 19.5 Å². The molecule has 0 spiro atoms. The fourth-order valence-corrected chi connectivity index (χ4v) is 5.47. The van der Waals surface area contributed by atoms with Gasteiger partial charge in [-0.25, -0.2) is 23.1 Å². The van der Waals surface area contributed by atoms with Crippen LogP contribution in [0.4, 0.5) is 9.18 Å². The largest absolute Gasteiger partial charge is 0.328 e. The number of hydrogen-bond acceptors (Lipinski definition) is 7. The van der Waals surface area contributed by atoms with Crippen LogP contribution in [0.2, 0.25) is 0 Å². The van der Waals surface area contributed by atoms with E-state index in [1.807, 2.05) is 24.3 Å². The lowest BCUT2D eigenvalue weighted by molar-refractivity contribution is -0.131. The summed E-state index contributed by atoms with van der Waals surface area (Å²) in [6.45, 7) is 3.25. The zero-order valence-electron chi connectivity index (χ0n) is 21.4. The molecule has 4 rings (SSSR count). The molecular formula is C26H32FN5O5S. The summed E-state index contributed by atoms with van der Waals surface area (Å²) in [5.74, 6) is 5.11. The van der Waals surface area contributed by atoms with E-state index in [-0.39, 0.29) is 31.6 Å². The summed E-state index contributed by atoms with van der Waals surface area (Å²) in [5.41, 5.74) is 10.4. The molecule has 2 aromatic rings. The highest BCUT2D eigenvalue weighted by Gasteiger charge is 2.44. The Kier molecular flexibility index (Phi) is 7.94. The Balaban J connectivity index is 1.36. The molecule has 0 saturated carbocycles. The van der Waals surface area contributed by atoms with Gasteiger partial charge in [0.15, 0.2) is 14.6 Å².